The van der Waals surface area contributed by atoms with Crippen LogP contribution in [0, 0.1) is 0 Å². The number of carbonyl (C=O) groups is 2. The van der Waals surface area contributed by atoms with Crippen LogP contribution in [0.5, 0.6) is 5.75 Å². The van der Waals surface area contributed by atoms with E-state index in [4.69, 9.17) is 4.74 Å². The maximum Gasteiger partial charge on any atom is 0.258 e. The second kappa shape index (κ2) is 5.03. The molecule has 3 rings (SSSR count). The number of fused-ring (bicyclic) bond motifs is 1. The number of carbonyl (C=O) groups excluding carboxylic acids is 2. The summed E-state index contributed by atoms with van der Waals surface area (Å²) in [7, 11) is 0. The van der Waals surface area contributed by atoms with Gasteiger partial charge in [-0.15, -0.1) is 0 Å². The minimum Gasteiger partial charge on any atom is -0.484 e. The first-order valence-electron chi connectivity index (χ1n) is 6.80. The van der Waals surface area contributed by atoms with E-state index >= 15 is 0 Å². The number of amides is 1. The van der Waals surface area contributed by atoms with E-state index in [1.54, 1.807) is 6.07 Å². The molecule has 0 bridgehead atoms. The van der Waals surface area contributed by atoms with Crippen molar-refractivity contribution in [1.29, 1.82) is 0 Å². The second-order valence-electron chi connectivity index (χ2n) is 5.23. The molecule has 0 unspecified atom stereocenters. The fourth-order valence-electron chi connectivity index (χ4n) is 2.34. The molecular formula is C15H17NO3. The van der Waals surface area contributed by atoms with Gasteiger partial charge >= 0.3 is 0 Å². The topological polar surface area (TPSA) is 55.4 Å². The predicted octanol–water partition coefficient (Wildman–Crippen LogP) is 1.86. The highest BCUT2D eigenvalue weighted by Crippen LogP contribution is 2.25. The molecule has 0 radical (unpaired) electrons. The van der Waals surface area contributed by atoms with Crippen molar-refractivity contribution in [1.82, 2.24) is 5.32 Å². The predicted molar refractivity (Wildman–Crippen MR) is 70.4 cm³/mol. The van der Waals surface area contributed by atoms with Gasteiger partial charge in [0.25, 0.3) is 5.91 Å². The summed E-state index contributed by atoms with van der Waals surface area (Å²) in [5.41, 5.74) is 1.84. The Kier molecular flexibility index (Phi) is 3.23. The number of ether oxygens (including phenoxy) is 1. The van der Waals surface area contributed by atoms with Crippen LogP contribution in [-0.4, -0.2) is 24.3 Å². The molecule has 1 N–H and O–H groups in total. The SMILES string of the molecule is O=C(COc1ccc2c(c1)C(=O)CCC2)NC1CC1. The van der Waals surface area contributed by atoms with E-state index in [1.165, 1.54) is 0 Å². The second-order valence-corrected chi connectivity index (χ2v) is 5.23. The number of Topliss-reactive ketones (excluding diaryl/α,β-unsaturated/α-hetero) is 1. The van der Waals surface area contributed by atoms with Gasteiger partial charge in [-0.3, -0.25) is 9.59 Å². The standard InChI is InChI=1S/C15H17NO3/c17-14-3-1-2-10-4-7-12(8-13(10)14)19-9-15(18)16-11-5-6-11/h4,7-8,11H,1-3,5-6,9H2,(H,16,18). The van der Waals surface area contributed by atoms with Crippen molar-refractivity contribution in [2.45, 2.75) is 38.1 Å². The molecule has 0 aromatic heterocycles. The van der Waals surface area contributed by atoms with E-state index in [0.717, 1.165) is 36.8 Å². The zero-order valence-electron chi connectivity index (χ0n) is 10.8. The number of hydrogen-bond donors (Lipinski definition) is 1. The lowest BCUT2D eigenvalue weighted by atomic mass is 9.90. The summed E-state index contributed by atoms with van der Waals surface area (Å²) in [6.07, 6.45) is 4.62. The summed E-state index contributed by atoms with van der Waals surface area (Å²) < 4.78 is 5.45. The molecule has 19 heavy (non-hydrogen) atoms. The Bertz CT molecular complexity index is 520. The van der Waals surface area contributed by atoms with Crippen molar-refractivity contribution in [3.8, 4) is 5.75 Å². The minimum absolute atomic E-state index is 0.0173. The molecule has 4 heteroatoms. The van der Waals surface area contributed by atoms with Crippen LogP contribution < -0.4 is 10.1 Å². The normalized spacial score (nSPS) is 17.8. The molecule has 0 aliphatic heterocycles. The first kappa shape index (κ1) is 12.2. The summed E-state index contributed by atoms with van der Waals surface area (Å²) in [6.45, 7) is 0.0173. The summed E-state index contributed by atoms with van der Waals surface area (Å²) in [4.78, 5) is 23.3. The highest BCUT2D eigenvalue weighted by atomic mass is 16.5. The Hall–Kier alpha value is -1.84. The zero-order chi connectivity index (χ0) is 13.2. The van der Waals surface area contributed by atoms with Gasteiger partial charge in [0.05, 0.1) is 0 Å². The van der Waals surface area contributed by atoms with Gasteiger partial charge in [-0.05, 0) is 43.4 Å². The van der Waals surface area contributed by atoms with E-state index in [2.05, 4.69) is 5.32 Å². The van der Waals surface area contributed by atoms with Gasteiger partial charge < -0.3 is 10.1 Å². The summed E-state index contributed by atoms with van der Waals surface area (Å²) in [5.74, 6) is 0.681. The molecule has 4 nitrogen and oxygen atoms in total. The fourth-order valence-corrected chi connectivity index (χ4v) is 2.34. The van der Waals surface area contributed by atoms with Gasteiger partial charge in [-0.1, -0.05) is 6.07 Å². The Balaban J connectivity index is 1.63. The quantitative estimate of drug-likeness (QED) is 0.898. The molecule has 1 aromatic rings. The third-order valence-corrected chi connectivity index (χ3v) is 3.54. The number of aryl methyl sites for hydroxylation is 1. The maximum atomic E-state index is 11.8. The van der Waals surface area contributed by atoms with Crippen molar-refractivity contribution in [2.75, 3.05) is 6.61 Å². The highest BCUT2D eigenvalue weighted by Gasteiger charge is 2.23. The Labute approximate surface area is 112 Å². The van der Waals surface area contributed by atoms with Gasteiger partial charge in [0.1, 0.15) is 5.75 Å². The van der Waals surface area contributed by atoms with Crippen LogP contribution in [0.4, 0.5) is 0 Å². The zero-order valence-corrected chi connectivity index (χ0v) is 10.8. The number of ketones is 1. The fraction of sp³-hybridized carbons (Fsp3) is 0.467. The third-order valence-electron chi connectivity index (χ3n) is 3.54. The lowest BCUT2D eigenvalue weighted by Crippen LogP contribution is -2.30. The average Bonchev–Trinajstić information content (AvgIpc) is 3.21. The Morgan fingerprint density at radius 2 is 2.16 bits per heavy atom. The molecule has 100 valence electrons. The lowest BCUT2D eigenvalue weighted by Gasteiger charge is -2.15. The molecule has 0 heterocycles. The molecule has 1 aromatic carbocycles. The Morgan fingerprint density at radius 3 is 2.95 bits per heavy atom. The van der Waals surface area contributed by atoms with E-state index in [9.17, 15) is 9.59 Å². The number of rotatable bonds is 4. The van der Waals surface area contributed by atoms with E-state index < -0.39 is 0 Å². The van der Waals surface area contributed by atoms with Crippen LogP contribution in [0.3, 0.4) is 0 Å². The first-order valence-corrected chi connectivity index (χ1v) is 6.80. The number of hydrogen-bond acceptors (Lipinski definition) is 3. The van der Waals surface area contributed by atoms with Gasteiger partial charge in [0.15, 0.2) is 12.4 Å². The van der Waals surface area contributed by atoms with E-state index in [1.807, 2.05) is 12.1 Å². The van der Waals surface area contributed by atoms with Gasteiger partial charge in [0.2, 0.25) is 0 Å². The lowest BCUT2D eigenvalue weighted by molar-refractivity contribution is -0.123. The molecule has 1 fully saturated rings. The van der Waals surface area contributed by atoms with Crippen LogP contribution in [0.2, 0.25) is 0 Å². The van der Waals surface area contributed by atoms with Gasteiger partial charge in [-0.25, -0.2) is 0 Å². The largest absolute Gasteiger partial charge is 0.484 e. The van der Waals surface area contributed by atoms with Crippen LogP contribution >= 0.6 is 0 Å². The summed E-state index contributed by atoms with van der Waals surface area (Å²) in [6, 6.07) is 5.88. The van der Waals surface area contributed by atoms with Gasteiger partial charge in [-0.2, -0.15) is 0 Å². The maximum absolute atomic E-state index is 11.8. The van der Waals surface area contributed by atoms with E-state index in [0.29, 0.717) is 18.2 Å². The number of nitrogens with one attached hydrogen (secondary N) is 1. The van der Waals surface area contributed by atoms with Crippen LogP contribution in [0.15, 0.2) is 18.2 Å². The van der Waals surface area contributed by atoms with Crippen LogP contribution in [0.25, 0.3) is 0 Å². The monoisotopic (exact) mass is 259 g/mol. The molecular weight excluding hydrogens is 242 g/mol. The molecule has 1 amide bonds. The molecule has 0 saturated heterocycles. The summed E-state index contributed by atoms with van der Waals surface area (Å²) >= 11 is 0. The molecule has 0 atom stereocenters. The minimum atomic E-state index is -0.0912. The van der Waals surface area contributed by atoms with Gasteiger partial charge in [0, 0.05) is 18.0 Å². The number of benzene rings is 1. The third kappa shape index (κ3) is 2.95. The van der Waals surface area contributed by atoms with Crippen LogP contribution in [-0.2, 0) is 11.2 Å². The molecule has 1 saturated carbocycles. The van der Waals surface area contributed by atoms with Crippen molar-refractivity contribution in [3.63, 3.8) is 0 Å². The summed E-state index contributed by atoms with van der Waals surface area (Å²) in [5, 5.41) is 2.86. The molecule has 2 aliphatic carbocycles. The van der Waals surface area contributed by atoms with Crippen LogP contribution in [0.1, 0.15) is 41.6 Å². The van der Waals surface area contributed by atoms with Crippen molar-refractivity contribution in [3.05, 3.63) is 29.3 Å². The van der Waals surface area contributed by atoms with Crippen molar-refractivity contribution >= 4 is 11.7 Å². The first-order chi connectivity index (χ1) is 9.22. The average molecular weight is 259 g/mol. The van der Waals surface area contributed by atoms with Crippen molar-refractivity contribution in [2.24, 2.45) is 0 Å². The highest BCUT2D eigenvalue weighted by molar-refractivity contribution is 5.98. The van der Waals surface area contributed by atoms with E-state index in [-0.39, 0.29) is 18.3 Å². The van der Waals surface area contributed by atoms with Crippen molar-refractivity contribution < 1.29 is 14.3 Å². The smallest absolute Gasteiger partial charge is 0.258 e. The Morgan fingerprint density at radius 1 is 1.32 bits per heavy atom. The molecule has 0 spiro atoms. The molecule has 2 aliphatic rings.